The van der Waals surface area contributed by atoms with Crippen molar-refractivity contribution in [1.29, 1.82) is 0 Å². The molecule has 0 aliphatic carbocycles. The van der Waals surface area contributed by atoms with Gasteiger partial charge in [-0.3, -0.25) is 9.69 Å². The van der Waals surface area contributed by atoms with Crippen LogP contribution < -0.4 is 5.43 Å². The van der Waals surface area contributed by atoms with E-state index in [1.807, 2.05) is 72.5 Å². The standard InChI is InChI=1S/C22H24N6O2.H2O/c1-15(17-12-8-5-9-13-17)24-25-21-23-19-18(20(29)27(3)22(30)26(19)2)28(21)14-16-10-6-4-7-11-16;/h4-13,18-19H,14H2,1-3H3,(H,23,25);1H2/b24-15+;. The highest BCUT2D eigenvalue weighted by Crippen LogP contribution is 2.28. The van der Waals surface area contributed by atoms with Crippen LogP contribution >= 0.6 is 0 Å². The molecule has 2 aromatic carbocycles. The third-order valence-electron chi connectivity index (χ3n) is 5.42. The number of urea groups is 1. The molecule has 0 saturated carbocycles. The Morgan fingerprint density at radius 1 is 1.03 bits per heavy atom. The zero-order chi connectivity index (χ0) is 21.3. The highest BCUT2D eigenvalue weighted by Gasteiger charge is 2.51. The van der Waals surface area contributed by atoms with Crippen molar-refractivity contribution >= 4 is 23.6 Å². The van der Waals surface area contributed by atoms with Crippen molar-refractivity contribution in [1.82, 2.24) is 20.1 Å². The van der Waals surface area contributed by atoms with E-state index in [9.17, 15) is 9.59 Å². The molecule has 3 amide bonds. The molecule has 1 fully saturated rings. The van der Waals surface area contributed by atoms with Gasteiger partial charge in [-0.15, -0.1) is 0 Å². The smallest absolute Gasteiger partial charge is 0.328 e. The number of likely N-dealkylation sites (N-methyl/N-ethyl adjacent to an activating group) is 2. The number of benzene rings is 2. The van der Waals surface area contributed by atoms with Crippen LogP contribution in [0.2, 0.25) is 0 Å². The van der Waals surface area contributed by atoms with E-state index in [1.165, 1.54) is 11.9 Å². The number of guanidine groups is 1. The summed E-state index contributed by atoms with van der Waals surface area (Å²) in [5, 5.41) is 4.48. The first-order valence-corrected chi connectivity index (χ1v) is 9.76. The minimum absolute atomic E-state index is 0. The predicted molar refractivity (Wildman–Crippen MR) is 118 cm³/mol. The van der Waals surface area contributed by atoms with Crippen molar-refractivity contribution in [3.8, 4) is 0 Å². The Bertz CT molecular complexity index is 1010. The zero-order valence-electron chi connectivity index (χ0n) is 17.7. The van der Waals surface area contributed by atoms with Crippen LogP contribution in [0.5, 0.6) is 0 Å². The van der Waals surface area contributed by atoms with Gasteiger partial charge in [0, 0.05) is 20.6 Å². The quantitative estimate of drug-likeness (QED) is 0.590. The van der Waals surface area contributed by atoms with E-state index in [1.54, 1.807) is 7.05 Å². The number of hydrazone groups is 1. The van der Waals surface area contributed by atoms with Crippen molar-refractivity contribution in [2.24, 2.45) is 10.1 Å². The Kier molecular flexibility index (Phi) is 6.36. The van der Waals surface area contributed by atoms with Gasteiger partial charge in [0.15, 0.2) is 12.2 Å². The Morgan fingerprint density at radius 2 is 1.65 bits per heavy atom. The molecule has 2 unspecified atom stereocenters. The van der Waals surface area contributed by atoms with Gasteiger partial charge < -0.3 is 15.3 Å². The van der Waals surface area contributed by atoms with Gasteiger partial charge in [0.1, 0.15) is 0 Å². The molecule has 31 heavy (non-hydrogen) atoms. The molecule has 0 radical (unpaired) electrons. The minimum Gasteiger partial charge on any atom is -0.412 e. The van der Waals surface area contributed by atoms with Crippen LogP contribution in [0.1, 0.15) is 18.1 Å². The molecule has 2 atom stereocenters. The summed E-state index contributed by atoms with van der Waals surface area (Å²) in [6.45, 7) is 2.37. The maximum absolute atomic E-state index is 13.0. The number of hydrogen-bond acceptors (Lipinski definition) is 6. The summed E-state index contributed by atoms with van der Waals surface area (Å²) in [6.07, 6.45) is -0.598. The molecule has 0 bridgehead atoms. The van der Waals surface area contributed by atoms with Crippen LogP contribution in [0.25, 0.3) is 0 Å². The first kappa shape index (κ1) is 22.0. The summed E-state index contributed by atoms with van der Waals surface area (Å²) in [5.74, 6) is 0.191. The minimum atomic E-state index is -0.604. The molecule has 4 rings (SSSR count). The van der Waals surface area contributed by atoms with E-state index in [-0.39, 0.29) is 17.4 Å². The predicted octanol–water partition coefficient (Wildman–Crippen LogP) is 1.27. The summed E-state index contributed by atoms with van der Waals surface area (Å²) in [4.78, 5) is 34.5. The van der Waals surface area contributed by atoms with Crippen LogP contribution in [-0.4, -0.2) is 70.1 Å². The first-order valence-electron chi connectivity index (χ1n) is 9.76. The van der Waals surface area contributed by atoms with Crippen molar-refractivity contribution in [3.05, 3.63) is 71.8 Å². The number of fused-ring (bicyclic) bond motifs is 1. The number of aliphatic imine (C=N–C) groups is 1. The average Bonchev–Trinajstić information content (AvgIpc) is 3.14. The highest BCUT2D eigenvalue weighted by molar-refractivity contribution is 6.04. The molecule has 162 valence electrons. The van der Waals surface area contributed by atoms with Gasteiger partial charge in [0.05, 0.1) is 5.71 Å². The van der Waals surface area contributed by atoms with E-state index in [0.29, 0.717) is 12.5 Å². The van der Waals surface area contributed by atoms with Crippen LogP contribution in [0.4, 0.5) is 4.79 Å². The maximum atomic E-state index is 13.0. The fraction of sp³-hybridized carbons (Fsp3) is 0.273. The van der Waals surface area contributed by atoms with Crippen LogP contribution in [0.3, 0.4) is 0 Å². The van der Waals surface area contributed by atoms with E-state index >= 15 is 0 Å². The van der Waals surface area contributed by atoms with E-state index < -0.39 is 12.2 Å². The molecule has 2 aliphatic rings. The van der Waals surface area contributed by atoms with Gasteiger partial charge >= 0.3 is 6.03 Å². The second kappa shape index (κ2) is 8.97. The largest absolute Gasteiger partial charge is 0.412 e. The summed E-state index contributed by atoms with van der Waals surface area (Å²) in [7, 11) is 3.16. The van der Waals surface area contributed by atoms with Crippen molar-refractivity contribution in [3.63, 3.8) is 0 Å². The fourth-order valence-electron chi connectivity index (χ4n) is 3.69. The second-order valence-electron chi connectivity index (χ2n) is 7.39. The summed E-state index contributed by atoms with van der Waals surface area (Å²) in [6, 6.07) is 18.7. The van der Waals surface area contributed by atoms with Gasteiger partial charge in [-0.25, -0.2) is 15.2 Å². The summed E-state index contributed by atoms with van der Waals surface area (Å²) < 4.78 is 0. The lowest BCUT2D eigenvalue weighted by Crippen LogP contribution is -2.64. The number of hydrogen-bond donors (Lipinski definition) is 1. The van der Waals surface area contributed by atoms with Gasteiger partial charge in [-0.05, 0) is 18.1 Å². The summed E-state index contributed by atoms with van der Waals surface area (Å²) in [5.41, 5.74) is 5.84. The molecule has 2 aromatic rings. The molecular weight excluding hydrogens is 396 g/mol. The van der Waals surface area contributed by atoms with E-state index in [0.717, 1.165) is 21.7 Å². The number of carbonyl (C=O) groups is 2. The number of nitrogens with zero attached hydrogens (tertiary/aromatic N) is 5. The van der Waals surface area contributed by atoms with E-state index in [2.05, 4.69) is 15.5 Å². The Balaban J connectivity index is 0.00000272. The van der Waals surface area contributed by atoms with Crippen molar-refractivity contribution < 1.29 is 15.1 Å². The lowest BCUT2D eigenvalue weighted by Gasteiger charge is -2.39. The second-order valence-corrected chi connectivity index (χ2v) is 7.39. The molecule has 9 heteroatoms. The lowest BCUT2D eigenvalue weighted by atomic mass is 10.1. The Labute approximate surface area is 181 Å². The normalized spacial score (nSPS) is 20.9. The number of carbonyl (C=O) groups excluding carboxylic acids is 2. The third-order valence-corrected chi connectivity index (χ3v) is 5.42. The van der Waals surface area contributed by atoms with E-state index in [4.69, 9.17) is 0 Å². The first-order chi connectivity index (χ1) is 14.5. The van der Waals surface area contributed by atoms with Gasteiger partial charge in [0.2, 0.25) is 5.96 Å². The lowest BCUT2D eigenvalue weighted by molar-refractivity contribution is -0.136. The SMILES string of the molecule is C/C(=N\NC1=NC2C(C(=O)N(C)C(=O)N2C)N1Cc1ccccc1)c1ccccc1.O. The number of amides is 3. The highest BCUT2D eigenvalue weighted by atomic mass is 16.2. The van der Waals surface area contributed by atoms with Gasteiger partial charge in [-0.1, -0.05) is 60.7 Å². The zero-order valence-corrected chi connectivity index (χ0v) is 17.7. The van der Waals surface area contributed by atoms with Crippen molar-refractivity contribution in [2.45, 2.75) is 25.7 Å². The molecule has 3 N–H and O–H groups in total. The molecule has 9 nitrogen and oxygen atoms in total. The molecule has 2 aliphatic heterocycles. The molecule has 2 heterocycles. The Morgan fingerprint density at radius 3 is 2.29 bits per heavy atom. The van der Waals surface area contributed by atoms with Crippen molar-refractivity contribution in [2.75, 3.05) is 14.1 Å². The third kappa shape index (κ3) is 4.13. The molecule has 0 aromatic heterocycles. The fourth-order valence-corrected chi connectivity index (χ4v) is 3.69. The molecule has 1 saturated heterocycles. The van der Waals surface area contributed by atoms with Gasteiger partial charge in [0.25, 0.3) is 5.91 Å². The topological polar surface area (TPSA) is 112 Å². The molecule has 0 spiro atoms. The van der Waals surface area contributed by atoms with Gasteiger partial charge in [-0.2, -0.15) is 5.10 Å². The summed E-state index contributed by atoms with van der Waals surface area (Å²) >= 11 is 0. The maximum Gasteiger partial charge on any atom is 0.328 e. The number of nitrogens with one attached hydrogen (secondary N) is 1. The Hall–Kier alpha value is -3.72. The monoisotopic (exact) mass is 422 g/mol. The number of rotatable bonds is 4. The number of imide groups is 1. The van der Waals surface area contributed by atoms with Crippen LogP contribution in [-0.2, 0) is 11.3 Å². The average molecular weight is 422 g/mol. The van der Waals surface area contributed by atoms with Crippen LogP contribution in [0.15, 0.2) is 70.8 Å². The van der Waals surface area contributed by atoms with Crippen LogP contribution in [0, 0.1) is 0 Å². The molecular formula is C22H26N6O3.